The summed E-state index contributed by atoms with van der Waals surface area (Å²) in [7, 11) is 0. The molecule has 100 valence electrons. The van der Waals surface area contributed by atoms with Crippen molar-refractivity contribution in [3.05, 3.63) is 35.5 Å². The number of amides is 1. The van der Waals surface area contributed by atoms with E-state index < -0.39 is 0 Å². The molecule has 4 heteroatoms. The number of nitrogens with one attached hydrogen (secondary N) is 1. The molecule has 0 unspecified atom stereocenters. The molecule has 2 heterocycles. The van der Waals surface area contributed by atoms with Gasteiger partial charge in [0.2, 0.25) is 0 Å². The van der Waals surface area contributed by atoms with E-state index in [0.29, 0.717) is 24.2 Å². The number of carbonyl (C=O) groups is 2. The van der Waals surface area contributed by atoms with Crippen LogP contribution in [-0.4, -0.2) is 22.8 Å². The first-order valence-corrected chi connectivity index (χ1v) is 6.59. The highest BCUT2D eigenvalue weighted by Gasteiger charge is 2.20. The zero-order valence-electron chi connectivity index (χ0n) is 11.5. The molecule has 1 aromatic carbocycles. The highest BCUT2D eigenvalue weighted by molar-refractivity contribution is 6.13. The van der Waals surface area contributed by atoms with Crippen molar-refractivity contribution in [3.63, 3.8) is 0 Å². The molecule has 3 rings (SSSR count). The van der Waals surface area contributed by atoms with Crippen LogP contribution in [0.25, 0.3) is 10.9 Å². The van der Waals surface area contributed by atoms with Gasteiger partial charge in [0.05, 0.1) is 11.1 Å². The van der Waals surface area contributed by atoms with Crippen molar-refractivity contribution in [2.75, 3.05) is 6.54 Å². The summed E-state index contributed by atoms with van der Waals surface area (Å²) < 4.78 is 1.99. The molecule has 4 nitrogen and oxygen atoms in total. The molecule has 1 N–H and O–H groups in total. The number of para-hydroxylation sites is 1. The second-order valence-corrected chi connectivity index (χ2v) is 4.25. The summed E-state index contributed by atoms with van der Waals surface area (Å²) in [4.78, 5) is 23.4. The Kier molecular flexibility index (Phi) is 3.69. The lowest BCUT2D eigenvalue weighted by atomic mass is 10.1. The molecular formula is C15H18N2O2. The predicted octanol–water partition coefficient (Wildman–Crippen LogP) is 2.61. The van der Waals surface area contributed by atoms with E-state index >= 15 is 0 Å². The number of Topliss-reactive ketones (excluding diaryl/α,β-unsaturated/α-hetero) is 1. The SMILES string of the molecule is CC.CC(=O)c1cn2c3c(cccc13)C(=O)NCC2. The van der Waals surface area contributed by atoms with Gasteiger partial charge in [-0.05, 0) is 13.0 Å². The molecule has 0 atom stereocenters. The Morgan fingerprint density at radius 3 is 2.74 bits per heavy atom. The quantitative estimate of drug-likeness (QED) is 0.799. The lowest BCUT2D eigenvalue weighted by Crippen LogP contribution is -2.24. The first-order chi connectivity index (χ1) is 9.18. The molecule has 0 aliphatic carbocycles. The Balaban J connectivity index is 0.000000637. The minimum atomic E-state index is -0.0671. The molecule has 0 saturated carbocycles. The van der Waals surface area contributed by atoms with Crippen LogP contribution in [0, 0.1) is 0 Å². The minimum Gasteiger partial charge on any atom is -0.350 e. The van der Waals surface area contributed by atoms with Gasteiger partial charge in [-0.25, -0.2) is 0 Å². The molecule has 0 fully saturated rings. The van der Waals surface area contributed by atoms with Crippen molar-refractivity contribution in [2.24, 2.45) is 0 Å². The minimum absolute atomic E-state index is 0.0341. The smallest absolute Gasteiger partial charge is 0.253 e. The highest BCUT2D eigenvalue weighted by Crippen LogP contribution is 2.26. The number of hydrogen-bond acceptors (Lipinski definition) is 2. The number of aromatic nitrogens is 1. The van der Waals surface area contributed by atoms with Gasteiger partial charge in [0, 0.05) is 30.2 Å². The molecule has 0 radical (unpaired) electrons. The van der Waals surface area contributed by atoms with Gasteiger partial charge < -0.3 is 9.88 Å². The maximum Gasteiger partial charge on any atom is 0.253 e. The molecule has 1 aliphatic rings. The van der Waals surface area contributed by atoms with Gasteiger partial charge in [-0.15, -0.1) is 0 Å². The second kappa shape index (κ2) is 5.26. The lowest BCUT2D eigenvalue weighted by molar-refractivity contribution is 0.0955. The molecule has 1 amide bonds. The average molecular weight is 258 g/mol. The summed E-state index contributed by atoms with van der Waals surface area (Å²) in [5.41, 5.74) is 2.21. The summed E-state index contributed by atoms with van der Waals surface area (Å²) in [6.07, 6.45) is 1.84. The van der Waals surface area contributed by atoms with E-state index in [2.05, 4.69) is 5.32 Å². The van der Waals surface area contributed by atoms with Crippen LogP contribution in [0.1, 0.15) is 41.5 Å². The largest absolute Gasteiger partial charge is 0.350 e. The maximum absolute atomic E-state index is 11.9. The van der Waals surface area contributed by atoms with Crippen molar-refractivity contribution in [2.45, 2.75) is 27.3 Å². The third-order valence-electron chi connectivity index (χ3n) is 3.16. The van der Waals surface area contributed by atoms with Crippen LogP contribution in [0.2, 0.25) is 0 Å². The highest BCUT2D eigenvalue weighted by atomic mass is 16.1. The van der Waals surface area contributed by atoms with Crippen LogP contribution < -0.4 is 5.32 Å². The monoisotopic (exact) mass is 258 g/mol. The first-order valence-electron chi connectivity index (χ1n) is 6.59. The Hall–Kier alpha value is -2.10. The van der Waals surface area contributed by atoms with Crippen LogP contribution in [0.3, 0.4) is 0 Å². The van der Waals surface area contributed by atoms with E-state index in [-0.39, 0.29) is 11.7 Å². The standard InChI is InChI=1S/C13H12N2O2.C2H6/c1-8(16)11-7-15-6-5-14-13(17)10-4-2-3-9(11)12(10)15;1-2/h2-4,7H,5-6H2,1H3,(H,14,17);1-2H3. The van der Waals surface area contributed by atoms with E-state index in [1.807, 2.05) is 36.7 Å². The normalized spacial score (nSPS) is 13.3. The van der Waals surface area contributed by atoms with Gasteiger partial charge in [-0.1, -0.05) is 26.0 Å². The van der Waals surface area contributed by atoms with Crippen LogP contribution in [0.15, 0.2) is 24.4 Å². The third-order valence-corrected chi connectivity index (χ3v) is 3.16. The number of rotatable bonds is 1. The van der Waals surface area contributed by atoms with E-state index in [0.717, 1.165) is 10.9 Å². The number of benzene rings is 1. The second-order valence-electron chi connectivity index (χ2n) is 4.25. The molecule has 2 aromatic rings. The molecule has 1 aromatic heterocycles. The van der Waals surface area contributed by atoms with E-state index in [1.165, 1.54) is 0 Å². The zero-order chi connectivity index (χ0) is 14.0. The molecule has 19 heavy (non-hydrogen) atoms. The third kappa shape index (κ3) is 2.14. The number of carbonyl (C=O) groups excluding carboxylic acids is 2. The van der Waals surface area contributed by atoms with E-state index in [1.54, 1.807) is 13.0 Å². The van der Waals surface area contributed by atoms with Crippen molar-refractivity contribution in [3.8, 4) is 0 Å². The Morgan fingerprint density at radius 1 is 1.32 bits per heavy atom. The summed E-state index contributed by atoms with van der Waals surface area (Å²) in [6.45, 7) is 6.85. The van der Waals surface area contributed by atoms with Gasteiger partial charge in [-0.2, -0.15) is 0 Å². The van der Waals surface area contributed by atoms with Gasteiger partial charge in [-0.3, -0.25) is 9.59 Å². The van der Waals surface area contributed by atoms with Crippen molar-refractivity contribution >= 4 is 22.6 Å². The molecule has 0 spiro atoms. The van der Waals surface area contributed by atoms with Crippen molar-refractivity contribution < 1.29 is 9.59 Å². The number of nitrogens with zero attached hydrogens (tertiary/aromatic N) is 1. The lowest BCUT2D eigenvalue weighted by Gasteiger charge is -2.01. The van der Waals surface area contributed by atoms with Gasteiger partial charge in [0.15, 0.2) is 5.78 Å². The fourth-order valence-electron chi connectivity index (χ4n) is 2.39. The average Bonchev–Trinajstić information content (AvgIpc) is 2.72. The molecular weight excluding hydrogens is 240 g/mol. The predicted molar refractivity (Wildman–Crippen MR) is 75.6 cm³/mol. The Labute approximate surface area is 112 Å². The summed E-state index contributed by atoms with van der Waals surface area (Å²) in [6, 6.07) is 5.51. The topological polar surface area (TPSA) is 51.1 Å². The van der Waals surface area contributed by atoms with Gasteiger partial charge in [0.1, 0.15) is 0 Å². The van der Waals surface area contributed by atoms with Crippen LogP contribution in [0.5, 0.6) is 0 Å². The molecule has 0 saturated heterocycles. The van der Waals surface area contributed by atoms with Crippen LogP contribution >= 0.6 is 0 Å². The maximum atomic E-state index is 11.9. The Morgan fingerprint density at radius 2 is 2.05 bits per heavy atom. The molecule has 1 aliphatic heterocycles. The Bertz CT molecular complexity index is 641. The summed E-state index contributed by atoms with van der Waals surface area (Å²) >= 11 is 0. The number of hydrogen-bond donors (Lipinski definition) is 1. The van der Waals surface area contributed by atoms with Crippen LogP contribution in [0.4, 0.5) is 0 Å². The summed E-state index contributed by atoms with van der Waals surface area (Å²) in [5.74, 6) is -0.0329. The van der Waals surface area contributed by atoms with Gasteiger partial charge >= 0.3 is 0 Å². The van der Waals surface area contributed by atoms with E-state index in [9.17, 15) is 9.59 Å². The first kappa shape index (κ1) is 13.3. The zero-order valence-corrected chi connectivity index (χ0v) is 11.5. The molecule has 0 bridgehead atoms. The van der Waals surface area contributed by atoms with Crippen molar-refractivity contribution in [1.29, 1.82) is 0 Å². The fourth-order valence-corrected chi connectivity index (χ4v) is 2.39. The number of ketones is 1. The summed E-state index contributed by atoms with van der Waals surface area (Å²) in [5, 5.41) is 3.71. The van der Waals surface area contributed by atoms with E-state index in [4.69, 9.17) is 0 Å². The fraction of sp³-hybridized carbons (Fsp3) is 0.333. The van der Waals surface area contributed by atoms with Gasteiger partial charge in [0.25, 0.3) is 5.91 Å². The van der Waals surface area contributed by atoms with Crippen molar-refractivity contribution in [1.82, 2.24) is 9.88 Å². The van der Waals surface area contributed by atoms with Crippen LogP contribution in [-0.2, 0) is 6.54 Å².